The SMILES string of the molecule is NOc1c([N+](=O)[O-])cccc1[N+](=O)[O-]. The normalized spacial score (nSPS) is 9.50. The molecule has 0 saturated carbocycles. The van der Waals surface area contributed by atoms with Gasteiger partial charge in [-0.25, -0.2) is 0 Å². The van der Waals surface area contributed by atoms with E-state index in [1.165, 1.54) is 6.07 Å². The van der Waals surface area contributed by atoms with Crippen LogP contribution in [-0.2, 0) is 0 Å². The Labute approximate surface area is 77.1 Å². The van der Waals surface area contributed by atoms with Gasteiger partial charge in [-0.3, -0.25) is 20.2 Å². The van der Waals surface area contributed by atoms with Gasteiger partial charge in [0.25, 0.3) is 0 Å². The first kappa shape index (κ1) is 9.86. The van der Waals surface area contributed by atoms with E-state index in [-0.39, 0.29) is 0 Å². The maximum Gasteiger partial charge on any atom is 0.320 e. The molecule has 0 aromatic heterocycles. The topological polar surface area (TPSA) is 122 Å². The van der Waals surface area contributed by atoms with E-state index in [1.54, 1.807) is 0 Å². The first-order valence-electron chi connectivity index (χ1n) is 3.36. The van der Waals surface area contributed by atoms with Crippen molar-refractivity contribution >= 4 is 11.4 Å². The number of benzene rings is 1. The summed E-state index contributed by atoms with van der Waals surface area (Å²) in [6, 6.07) is 3.31. The van der Waals surface area contributed by atoms with Crippen LogP contribution in [0.5, 0.6) is 5.75 Å². The second kappa shape index (κ2) is 3.66. The summed E-state index contributed by atoms with van der Waals surface area (Å²) in [4.78, 5) is 23.3. The Hall–Kier alpha value is -2.22. The molecular formula is C6H5N3O5. The number of rotatable bonds is 3. The van der Waals surface area contributed by atoms with E-state index < -0.39 is 27.0 Å². The second-order valence-electron chi connectivity index (χ2n) is 2.26. The molecule has 0 aliphatic heterocycles. The highest BCUT2D eigenvalue weighted by Crippen LogP contribution is 2.35. The number of nitro groups is 2. The van der Waals surface area contributed by atoms with E-state index in [2.05, 4.69) is 4.84 Å². The smallest absolute Gasteiger partial charge is 0.320 e. The van der Waals surface area contributed by atoms with Crippen molar-refractivity contribution in [2.75, 3.05) is 0 Å². The Morgan fingerprint density at radius 2 is 1.57 bits per heavy atom. The highest BCUT2D eigenvalue weighted by molar-refractivity contribution is 5.59. The Morgan fingerprint density at radius 3 is 1.86 bits per heavy atom. The summed E-state index contributed by atoms with van der Waals surface area (Å²) in [6.07, 6.45) is 0. The summed E-state index contributed by atoms with van der Waals surface area (Å²) >= 11 is 0. The second-order valence-corrected chi connectivity index (χ2v) is 2.26. The summed E-state index contributed by atoms with van der Waals surface area (Å²) in [7, 11) is 0. The number of nitrogens with two attached hydrogens (primary N) is 1. The van der Waals surface area contributed by atoms with Crippen molar-refractivity contribution in [3.8, 4) is 5.75 Å². The molecule has 8 heteroatoms. The predicted molar refractivity (Wildman–Crippen MR) is 44.6 cm³/mol. The van der Waals surface area contributed by atoms with Gasteiger partial charge in [0, 0.05) is 12.1 Å². The van der Waals surface area contributed by atoms with Crippen molar-refractivity contribution in [2.24, 2.45) is 5.90 Å². The Bertz CT molecular complexity index is 359. The summed E-state index contributed by atoms with van der Waals surface area (Å²) in [5, 5.41) is 20.8. The number of nitro benzene ring substituents is 2. The van der Waals surface area contributed by atoms with Gasteiger partial charge in [0.15, 0.2) is 0 Å². The minimum absolute atomic E-state index is 0.540. The van der Waals surface area contributed by atoms with Crippen molar-refractivity contribution < 1.29 is 14.7 Å². The molecular weight excluding hydrogens is 194 g/mol. The van der Waals surface area contributed by atoms with Gasteiger partial charge in [-0.05, 0) is 6.07 Å². The van der Waals surface area contributed by atoms with Gasteiger partial charge in [-0.2, -0.15) is 5.90 Å². The summed E-state index contributed by atoms with van der Waals surface area (Å²) in [5.41, 5.74) is -1.08. The molecule has 0 bridgehead atoms. The van der Waals surface area contributed by atoms with Crippen LogP contribution in [-0.4, -0.2) is 9.85 Å². The van der Waals surface area contributed by atoms with Crippen molar-refractivity contribution in [3.05, 3.63) is 38.4 Å². The fourth-order valence-electron chi connectivity index (χ4n) is 0.921. The number of nitrogens with zero attached hydrogens (tertiary/aromatic N) is 2. The summed E-state index contributed by atoms with van der Waals surface area (Å²) in [5.74, 6) is 4.16. The molecule has 0 amide bonds. The van der Waals surface area contributed by atoms with E-state index in [0.29, 0.717) is 0 Å². The zero-order valence-electron chi connectivity index (χ0n) is 6.75. The molecule has 2 N–H and O–H groups in total. The van der Waals surface area contributed by atoms with Gasteiger partial charge in [0.05, 0.1) is 9.85 Å². The van der Waals surface area contributed by atoms with Crippen LogP contribution in [0.3, 0.4) is 0 Å². The van der Waals surface area contributed by atoms with E-state index in [4.69, 9.17) is 5.90 Å². The average molecular weight is 199 g/mol. The minimum atomic E-state index is -0.810. The maximum atomic E-state index is 10.4. The lowest BCUT2D eigenvalue weighted by Gasteiger charge is -2.00. The number of para-hydroxylation sites is 1. The highest BCUT2D eigenvalue weighted by atomic mass is 16.7. The van der Waals surface area contributed by atoms with Gasteiger partial charge < -0.3 is 4.84 Å². The summed E-state index contributed by atoms with van der Waals surface area (Å²) in [6.45, 7) is 0. The van der Waals surface area contributed by atoms with Crippen LogP contribution < -0.4 is 10.7 Å². The van der Waals surface area contributed by atoms with E-state index >= 15 is 0 Å². The Kier molecular flexibility index (Phi) is 2.58. The van der Waals surface area contributed by atoms with E-state index in [1.807, 2.05) is 0 Å². The fourth-order valence-corrected chi connectivity index (χ4v) is 0.921. The molecule has 0 unspecified atom stereocenters. The largest absolute Gasteiger partial charge is 0.397 e. The maximum absolute atomic E-state index is 10.4. The van der Waals surface area contributed by atoms with Crippen molar-refractivity contribution in [1.82, 2.24) is 0 Å². The molecule has 0 saturated heterocycles. The van der Waals surface area contributed by atoms with E-state index in [0.717, 1.165) is 12.1 Å². The van der Waals surface area contributed by atoms with Gasteiger partial charge in [0.1, 0.15) is 0 Å². The third kappa shape index (κ3) is 1.59. The average Bonchev–Trinajstić information content (AvgIpc) is 2.16. The van der Waals surface area contributed by atoms with Gasteiger partial charge in [-0.1, -0.05) is 0 Å². The Morgan fingerprint density at radius 1 is 1.14 bits per heavy atom. The lowest BCUT2D eigenvalue weighted by molar-refractivity contribution is -0.396. The molecule has 0 heterocycles. The van der Waals surface area contributed by atoms with Crippen LogP contribution in [0.4, 0.5) is 11.4 Å². The first-order chi connectivity index (χ1) is 6.57. The standard InChI is InChI=1S/C6H5N3O5/c7-14-6-4(8(10)11)2-1-3-5(6)9(12)13/h1-3H,7H2. The van der Waals surface area contributed by atoms with E-state index in [9.17, 15) is 20.2 Å². The van der Waals surface area contributed by atoms with Gasteiger partial charge >= 0.3 is 17.1 Å². The lowest BCUT2D eigenvalue weighted by Crippen LogP contribution is -2.07. The molecule has 0 fully saturated rings. The number of hydrogen-bond acceptors (Lipinski definition) is 6. The molecule has 1 rings (SSSR count). The monoisotopic (exact) mass is 199 g/mol. The molecule has 74 valence electrons. The van der Waals surface area contributed by atoms with Crippen LogP contribution in [0, 0.1) is 20.2 Å². The zero-order valence-corrected chi connectivity index (χ0v) is 6.75. The van der Waals surface area contributed by atoms with Crippen LogP contribution in [0.15, 0.2) is 18.2 Å². The molecule has 1 aromatic carbocycles. The third-order valence-electron chi connectivity index (χ3n) is 1.48. The highest BCUT2D eigenvalue weighted by Gasteiger charge is 2.25. The molecule has 8 nitrogen and oxygen atoms in total. The Balaban J connectivity index is 3.39. The predicted octanol–water partition coefficient (Wildman–Crippen LogP) is 0.755. The molecule has 0 spiro atoms. The minimum Gasteiger partial charge on any atom is -0.397 e. The summed E-state index contributed by atoms with van der Waals surface area (Å²) < 4.78 is 0. The van der Waals surface area contributed by atoms with Crippen molar-refractivity contribution in [2.45, 2.75) is 0 Å². The molecule has 1 aromatic rings. The zero-order chi connectivity index (χ0) is 10.7. The van der Waals surface area contributed by atoms with Crippen molar-refractivity contribution in [1.29, 1.82) is 0 Å². The van der Waals surface area contributed by atoms with Crippen LogP contribution in [0.25, 0.3) is 0 Å². The molecule has 0 aliphatic rings. The quantitative estimate of drug-likeness (QED) is 0.566. The molecule has 0 aliphatic carbocycles. The van der Waals surface area contributed by atoms with Crippen LogP contribution in [0.2, 0.25) is 0 Å². The van der Waals surface area contributed by atoms with Gasteiger partial charge in [0.2, 0.25) is 0 Å². The van der Waals surface area contributed by atoms with Crippen LogP contribution in [0.1, 0.15) is 0 Å². The molecule has 0 radical (unpaired) electrons. The van der Waals surface area contributed by atoms with Crippen molar-refractivity contribution in [3.63, 3.8) is 0 Å². The molecule has 0 atom stereocenters. The lowest BCUT2D eigenvalue weighted by atomic mass is 10.2. The first-order valence-corrected chi connectivity index (χ1v) is 3.36. The third-order valence-corrected chi connectivity index (χ3v) is 1.48. The van der Waals surface area contributed by atoms with Gasteiger partial charge in [-0.15, -0.1) is 0 Å². The molecule has 14 heavy (non-hydrogen) atoms. The fraction of sp³-hybridized carbons (Fsp3) is 0. The number of hydrogen-bond donors (Lipinski definition) is 1. The van der Waals surface area contributed by atoms with Crippen LogP contribution >= 0.6 is 0 Å².